The van der Waals surface area contributed by atoms with Gasteiger partial charge < -0.3 is 10.6 Å². The third-order valence-corrected chi connectivity index (χ3v) is 6.55. The molecule has 2 unspecified atom stereocenters. The van der Waals surface area contributed by atoms with Crippen LogP contribution in [-0.2, 0) is 6.54 Å². The zero-order valence-electron chi connectivity index (χ0n) is 15.2. The fraction of sp³-hybridized carbons (Fsp3) is 0.556. The highest BCUT2D eigenvalue weighted by molar-refractivity contribution is 7.11. The normalized spacial score (nSPS) is 22.1. The topological polar surface area (TPSA) is 52.6 Å². The summed E-state index contributed by atoms with van der Waals surface area (Å²) in [7, 11) is 4.08. The quantitative estimate of drug-likeness (QED) is 0.620. The van der Waals surface area contributed by atoms with Crippen molar-refractivity contribution in [1.29, 1.82) is 0 Å². The van der Waals surface area contributed by atoms with Crippen LogP contribution < -0.4 is 10.6 Å². The van der Waals surface area contributed by atoms with Gasteiger partial charge in [-0.15, -0.1) is 22.7 Å². The van der Waals surface area contributed by atoms with Crippen LogP contribution in [0, 0.1) is 12.8 Å². The van der Waals surface area contributed by atoms with Gasteiger partial charge in [0.15, 0.2) is 5.96 Å². The average molecular weight is 378 g/mol. The second-order valence-corrected chi connectivity index (χ2v) is 8.79. The van der Waals surface area contributed by atoms with E-state index in [1.165, 1.54) is 29.1 Å². The first-order valence-electron chi connectivity index (χ1n) is 8.77. The average Bonchev–Trinajstić information content (AvgIpc) is 3.27. The Kier molecular flexibility index (Phi) is 6.45. The van der Waals surface area contributed by atoms with Gasteiger partial charge in [-0.1, -0.05) is 6.07 Å². The Bertz CT molecular complexity index is 679. The Balaban J connectivity index is 1.56. The molecule has 7 heteroatoms. The number of nitrogens with zero attached hydrogens (tertiary/aromatic N) is 3. The van der Waals surface area contributed by atoms with Crippen molar-refractivity contribution >= 4 is 28.6 Å². The summed E-state index contributed by atoms with van der Waals surface area (Å²) in [4.78, 5) is 13.9. The van der Waals surface area contributed by atoms with Crippen LogP contribution in [0.1, 0.15) is 33.6 Å². The third-order valence-electron chi connectivity index (χ3n) is 4.70. The second kappa shape index (κ2) is 8.78. The van der Waals surface area contributed by atoms with Crippen molar-refractivity contribution in [2.24, 2.45) is 10.9 Å². The van der Waals surface area contributed by atoms with E-state index in [0.29, 0.717) is 12.0 Å². The Morgan fingerprint density at radius 3 is 3.00 bits per heavy atom. The van der Waals surface area contributed by atoms with Gasteiger partial charge in [-0.25, -0.2) is 4.98 Å². The Morgan fingerprint density at radius 1 is 1.44 bits per heavy atom. The number of aromatic nitrogens is 1. The standard InChI is InChI=1S/C18H27N5S2/c1-13-20-11-15(25-13)12-22-18(19-2)21-10-14-6-4-8-23(3)17(14)16-7-5-9-24-16/h5,7,9,11,14,17H,4,6,8,10,12H2,1-3H3,(H2,19,21,22). The number of guanidine groups is 1. The zero-order valence-corrected chi connectivity index (χ0v) is 16.8. The summed E-state index contributed by atoms with van der Waals surface area (Å²) in [6.07, 6.45) is 4.45. The first-order chi connectivity index (χ1) is 12.2. The Hall–Kier alpha value is -1.44. The number of thiazole rings is 1. The van der Waals surface area contributed by atoms with Gasteiger partial charge >= 0.3 is 0 Å². The molecule has 2 N–H and O–H groups in total. The molecular weight excluding hydrogens is 350 g/mol. The number of aliphatic imine (C=N–C) groups is 1. The fourth-order valence-electron chi connectivity index (χ4n) is 3.49. The zero-order chi connectivity index (χ0) is 17.6. The molecule has 1 saturated heterocycles. The van der Waals surface area contributed by atoms with Gasteiger partial charge in [-0.2, -0.15) is 0 Å². The van der Waals surface area contributed by atoms with Gasteiger partial charge in [0.25, 0.3) is 0 Å². The molecule has 136 valence electrons. The molecule has 2 aromatic heterocycles. The number of thiophene rings is 1. The molecule has 0 amide bonds. The van der Waals surface area contributed by atoms with Crippen molar-refractivity contribution in [2.45, 2.75) is 32.4 Å². The van der Waals surface area contributed by atoms with Crippen LogP contribution in [0.3, 0.4) is 0 Å². The van der Waals surface area contributed by atoms with Crippen LogP contribution in [0.4, 0.5) is 0 Å². The maximum Gasteiger partial charge on any atom is 0.191 e. The Morgan fingerprint density at radius 2 is 2.32 bits per heavy atom. The van der Waals surface area contributed by atoms with Gasteiger partial charge in [-0.05, 0) is 50.7 Å². The molecule has 0 bridgehead atoms. The summed E-state index contributed by atoms with van der Waals surface area (Å²) < 4.78 is 0. The number of rotatable bonds is 5. The van der Waals surface area contributed by atoms with E-state index in [9.17, 15) is 0 Å². The molecule has 5 nitrogen and oxygen atoms in total. The third kappa shape index (κ3) is 4.80. The van der Waals surface area contributed by atoms with E-state index in [1.54, 1.807) is 11.3 Å². The van der Waals surface area contributed by atoms with Crippen LogP contribution in [0.5, 0.6) is 0 Å². The lowest BCUT2D eigenvalue weighted by Gasteiger charge is -2.39. The maximum atomic E-state index is 4.37. The molecule has 0 saturated carbocycles. The Labute approximate surface area is 158 Å². The van der Waals surface area contributed by atoms with Gasteiger partial charge in [-0.3, -0.25) is 9.89 Å². The van der Waals surface area contributed by atoms with E-state index in [1.807, 2.05) is 31.5 Å². The van der Waals surface area contributed by atoms with Crippen LogP contribution in [0.25, 0.3) is 0 Å². The van der Waals surface area contributed by atoms with Crippen LogP contribution in [0.15, 0.2) is 28.7 Å². The predicted molar refractivity (Wildman–Crippen MR) is 107 cm³/mol. The van der Waals surface area contributed by atoms with E-state index in [2.05, 4.69) is 50.1 Å². The highest BCUT2D eigenvalue weighted by Crippen LogP contribution is 2.36. The van der Waals surface area contributed by atoms with Crippen molar-refractivity contribution in [2.75, 3.05) is 27.2 Å². The summed E-state index contributed by atoms with van der Waals surface area (Å²) >= 11 is 3.59. The molecule has 3 heterocycles. The number of hydrogen-bond acceptors (Lipinski definition) is 5. The highest BCUT2D eigenvalue weighted by atomic mass is 32.1. The molecule has 0 aromatic carbocycles. The van der Waals surface area contributed by atoms with E-state index in [-0.39, 0.29) is 0 Å². The van der Waals surface area contributed by atoms with Gasteiger partial charge in [0.05, 0.1) is 11.6 Å². The lowest BCUT2D eigenvalue weighted by molar-refractivity contribution is 0.125. The minimum Gasteiger partial charge on any atom is -0.356 e. The van der Waals surface area contributed by atoms with E-state index in [0.717, 1.165) is 24.1 Å². The first-order valence-corrected chi connectivity index (χ1v) is 10.5. The van der Waals surface area contributed by atoms with Gasteiger partial charge in [0.2, 0.25) is 0 Å². The molecule has 1 aliphatic heterocycles. The van der Waals surface area contributed by atoms with Crippen LogP contribution in [0.2, 0.25) is 0 Å². The predicted octanol–water partition coefficient (Wildman–Crippen LogP) is 3.26. The van der Waals surface area contributed by atoms with Crippen LogP contribution in [-0.4, -0.2) is 43.0 Å². The van der Waals surface area contributed by atoms with Crippen molar-refractivity contribution in [3.05, 3.63) is 38.5 Å². The molecule has 2 aromatic rings. The molecular formula is C18H27N5S2. The largest absolute Gasteiger partial charge is 0.356 e. The molecule has 0 aliphatic carbocycles. The van der Waals surface area contributed by atoms with Crippen molar-refractivity contribution < 1.29 is 0 Å². The highest BCUT2D eigenvalue weighted by Gasteiger charge is 2.31. The summed E-state index contributed by atoms with van der Waals surface area (Å²) in [5.74, 6) is 1.46. The van der Waals surface area contributed by atoms with E-state index >= 15 is 0 Å². The minimum absolute atomic E-state index is 0.503. The van der Waals surface area contributed by atoms with Gasteiger partial charge in [0.1, 0.15) is 0 Å². The number of nitrogens with one attached hydrogen (secondary N) is 2. The maximum absolute atomic E-state index is 4.37. The summed E-state index contributed by atoms with van der Waals surface area (Å²) in [6.45, 7) is 4.92. The number of hydrogen-bond donors (Lipinski definition) is 2. The molecule has 25 heavy (non-hydrogen) atoms. The SMILES string of the molecule is CN=C(NCc1cnc(C)s1)NCC1CCCN(C)C1c1cccs1. The van der Waals surface area contributed by atoms with Crippen molar-refractivity contribution in [3.8, 4) is 0 Å². The summed E-state index contributed by atoms with van der Waals surface area (Å²) in [5, 5.41) is 10.2. The molecule has 3 rings (SSSR count). The van der Waals surface area contributed by atoms with Crippen molar-refractivity contribution in [3.63, 3.8) is 0 Å². The molecule has 0 spiro atoms. The number of aryl methyl sites for hydroxylation is 1. The van der Waals surface area contributed by atoms with Gasteiger partial charge in [0, 0.05) is 35.6 Å². The summed E-state index contributed by atoms with van der Waals surface area (Å²) in [5.41, 5.74) is 0. The number of piperidine rings is 1. The molecule has 0 radical (unpaired) electrons. The second-order valence-electron chi connectivity index (χ2n) is 6.50. The van der Waals surface area contributed by atoms with E-state index < -0.39 is 0 Å². The van der Waals surface area contributed by atoms with Crippen molar-refractivity contribution in [1.82, 2.24) is 20.5 Å². The molecule has 1 fully saturated rings. The van der Waals surface area contributed by atoms with Crippen LogP contribution >= 0.6 is 22.7 Å². The first kappa shape index (κ1) is 18.4. The van der Waals surface area contributed by atoms with E-state index in [4.69, 9.17) is 0 Å². The number of likely N-dealkylation sites (tertiary alicyclic amines) is 1. The summed E-state index contributed by atoms with van der Waals surface area (Å²) in [6, 6.07) is 4.93. The molecule has 1 aliphatic rings. The molecule has 2 atom stereocenters. The lowest BCUT2D eigenvalue weighted by Crippen LogP contribution is -2.44. The lowest BCUT2D eigenvalue weighted by atomic mass is 9.88. The monoisotopic (exact) mass is 377 g/mol. The minimum atomic E-state index is 0.503. The fourth-order valence-corrected chi connectivity index (χ4v) is 5.21. The smallest absolute Gasteiger partial charge is 0.191 e.